The molecule has 0 aliphatic rings. The van der Waals surface area contributed by atoms with E-state index < -0.39 is 10.9 Å². The van der Waals surface area contributed by atoms with Crippen molar-refractivity contribution >= 4 is 11.7 Å². The number of nitro benzene ring substituents is 1. The van der Waals surface area contributed by atoms with Gasteiger partial charge >= 0.3 is 5.97 Å². The van der Waals surface area contributed by atoms with Crippen LogP contribution in [0.5, 0.6) is 11.5 Å². The number of para-hydroxylation sites is 1. The molecule has 0 bridgehead atoms. The van der Waals surface area contributed by atoms with Gasteiger partial charge in [-0.1, -0.05) is 18.2 Å². The van der Waals surface area contributed by atoms with Crippen LogP contribution in [0, 0.1) is 17.0 Å². The number of hydrogen-bond acceptors (Lipinski definition) is 4. The number of ether oxygens (including phenoxy) is 1. The largest absolute Gasteiger partial charge is 0.478 e. The minimum Gasteiger partial charge on any atom is -0.478 e. The number of benzene rings is 2. The topological polar surface area (TPSA) is 89.7 Å². The summed E-state index contributed by atoms with van der Waals surface area (Å²) in [6.07, 6.45) is 0. The van der Waals surface area contributed by atoms with Crippen molar-refractivity contribution in [2.24, 2.45) is 0 Å². The summed E-state index contributed by atoms with van der Waals surface area (Å²) in [6.45, 7) is 1.71. The zero-order chi connectivity index (χ0) is 14.7. The molecule has 0 radical (unpaired) electrons. The fraction of sp³-hybridized carbons (Fsp3) is 0.0714. The number of rotatable bonds is 4. The highest BCUT2D eigenvalue weighted by Gasteiger charge is 2.15. The van der Waals surface area contributed by atoms with E-state index in [1.54, 1.807) is 19.1 Å². The van der Waals surface area contributed by atoms with Crippen LogP contribution in [0.25, 0.3) is 0 Å². The van der Waals surface area contributed by atoms with Crippen molar-refractivity contribution in [2.75, 3.05) is 0 Å². The predicted molar refractivity (Wildman–Crippen MR) is 71.3 cm³/mol. The highest BCUT2D eigenvalue weighted by Crippen LogP contribution is 2.30. The van der Waals surface area contributed by atoms with E-state index in [9.17, 15) is 14.9 Å². The molecule has 0 fully saturated rings. The Morgan fingerprint density at radius 3 is 2.60 bits per heavy atom. The van der Waals surface area contributed by atoms with Gasteiger partial charge in [-0.05, 0) is 24.6 Å². The molecule has 2 aromatic rings. The summed E-state index contributed by atoms with van der Waals surface area (Å²) in [7, 11) is 0. The van der Waals surface area contributed by atoms with Crippen LogP contribution in [0.2, 0.25) is 0 Å². The second kappa shape index (κ2) is 5.40. The van der Waals surface area contributed by atoms with Crippen LogP contribution in [0.4, 0.5) is 5.69 Å². The molecule has 0 aliphatic heterocycles. The summed E-state index contributed by atoms with van der Waals surface area (Å²) in [4.78, 5) is 21.3. The molecule has 0 amide bonds. The molecule has 102 valence electrons. The van der Waals surface area contributed by atoms with E-state index >= 15 is 0 Å². The van der Waals surface area contributed by atoms with Gasteiger partial charge in [0.15, 0.2) is 0 Å². The molecular formula is C14H11NO5. The molecule has 0 saturated heterocycles. The number of non-ortho nitro benzene ring substituents is 1. The van der Waals surface area contributed by atoms with Gasteiger partial charge in [0.1, 0.15) is 17.1 Å². The van der Waals surface area contributed by atoms with Crippen LogP contribution >= 0.6 is 0 Å². The molecule has 0 saturated carbocycles. The molecule has 0 atom stereocenters. The first-order valence-electron chi connectivity index (χ1n) is 5.74. The monoisotopic (exact) mass is 273 g/mol. The van der Waals surface area contributed by atoms with Gasteiger partial charge in [-0.25, -0.2) is 4.79 Å². The average molecular weight is 273 g/mol. The van der Waals surface area contributed by atoms with E-state index in [2.05, 4.69) is 0 Å². The normalized spacial score (nSPS) is 10.1. The Bertz CT molecular complexity index is 681. The number of nitro groups is 1. The van der Waals surface area contributed by atoms with Crippen molar-refractivity contribution < 1.29 is 19.6 Å². The fourth-order valence-electron chi connectivity index (χ4n) is 1.73. The molecule has 2 aromatic carbocycles. The molecule has 0 unspecified atom stereocenters. The van der Waals surface area contributed by atoms with E-state index in [1.807, 2.05) is 0 Å². The van der Waals surface area contributed by atoms with Gasteiger partial charge < -0.3 is 9.84 Å². The second-order valence-electron chi connectivity index (χ2n) is 4.11. The highest BCUT2D eigenvalue weighted by molar-refractivity contribution is 5.91. The van der Waals surface area contributed by atoms with Crippen LogP contribution in [0.1, 0.15) is 15.9 Å². The smallest absolute Gasteiger partial charge is 0.339 e. The quantitative estimate of drug-likeness (QED) is 0.681. The summed E-state index contributed by atoms with van der Waals surface area (Å²) >= 11 is 0. The zero-order valence-electron chi connectivity index (χ0n) is 10.6. The van der Waals surface area contributed by atoms with Crippen molar-refractivity contribution in [1.29, 1.82) is 0 Å². The van der Waals surface area contributed by atoms with Crippen molar-refractivity contribution in [3.63, 3.8) is 0 Å². The van der Waals surface area contributed by atoms with Crippen molar-refractivity contribution in [2.45, 2.75) is 6.92 Å². The molecule has 0 heterocycles. The Morgan fingerprint density at radius 2 is 1.95 bits per heavy atom. The van der Waals surface area contributed by atoms with Gasteiger partial charge in [-0.15, -0.1) is 0 Å². The number of aromatic carboxylic acids is 1. The molecule has 2 rings (SSSR count). The average Bonchev–Trinajstić information content (AvgIpc) is 2.41. The Morgan fingerprint density at radius 1 is 1.25 bits per heavy atom. The lowest BCUT2D eigenvalue weighted by molar-refractivity contribution is -0.384. The van der Waals surface area contributed by atoms with Gasteiger partial charge in [-0.3, -0.25) is 10.1 Å². The maximum Gasteiger partial charge on any atom is 0.339 e. The molecule has 0 aromatic heterocycles. The molecule has 6 nitrogen and oxygen atoms in total. The number of hydrogen-bond donors (Lipinski definition) is 1. The Labute approximate surface area is 114 Å². The van der Waals surface area contributed by atoms with E-state index in [0.29, 0.717) is 5.56 Å². The van der Waals surface area contributed by atoms with E-state index in [1.165, 1.54) is 30.3 Å². The van der Waals surface area contributed by atoms with Crippen molar-refractivity contribution in [3.05, 3.63) is 63.7 Å². The first-order chi connectivity index (χ1) is 9.49. The molecule has 6 heteroatoms. The minimum atomic E-state index is -1.12. The lowest BCUT2D eigenvalue weighted by atomic mass is 10.1. The third-order valence-corrected chi connectivity index (χ3v) is 2.69. The van der Waals surface area contributed by atoms with E-state index in [0.717, 1.165) is 0 Å². The van der Waals surface area contributed by atoms with Gasteiger partial charge in [0.2, 0.25) is 0 Å². The highest BCUT2D eigenvalue weighted by atomic mass is 16.6. The Balaban J connectivity index is 2.42. The standard InChI is InChI=1S/C14H11NO5/c1-9-4-2-7-12(14(16)17)13(9)20-11-6-3-5-10(8-11)15(18)19/h2-8H,1H3,(H,16,17). The summed E-state index contributed by atoms with van der Waals surface area (Å²) in [5, 5.41) is 19.8. The van der Waals surface area contributed by atoms with Gasteiger partial charge in [0.25, 0.3) is 5.69 Å². The first-order valence-corrected chi connectivity index (χ1v) is 5.74. The van der Waals surface area contributed by atoms with E-state index in [-0.39, 0.29) is 22.7 Å². The summed E-state index contributed by atoms with van der Waals surface area (Å²) in [5.74, 6) is -0.717. The van der Waals surface area contributed by atoms with Gasteiger partial charge in [0.05, 0.1) is 11.0 Å². The van der Waals surface area contributed by atoms with Gasteiger partial charge in [0, 0.05) is 6.07 Å². The number of carboxylic acids is 1. The Hall–Kier alpha value is -2.89. The predicted octanol–water partition coefficient (Wildman–Crippen LogP) is 3.39. The van der Waals surface area contributed by atoms with Crippen LogP contribution < -0.4 is 4.74 Å². The second-order valence-corrected chi connectivity index (χ2v) is 4.11. The van der Waals surface area contributed by atoms with Gasteiger partial charge in [-0.2, -0.15) is 0 Å². The molecule has 0 aliphatic carbocycles. The Kier molecular flexibility index (Phi) is 3.65. The SMILES string of the molecule is Cc1cccc(C(=O)O)c1Oc1cccc([N+](=O)[O-])c1. The summed E-state index contributed by atoms with van der Waals surface area (Å²) in [5.41, 5.74) is 0.529. The van der Waals surface area contributed by atoms with Crippen LogP contribution in [0.15, 0.2) is 42.5 Å². The third-order valence-electron chi connectivity index (χ3n) is 2.69. The number of aryl methyl sites for hydroxylation is 1. The summed E-state index contributed by atoms with van der Waals surface area (Å²) in [6, 6.07) is 10.3. The van der Waals surface area contributed by atoms with Crippen molar-refractivity contribution in [1.82, 2.24) is 0 Å². The number of carbonyl (C=O) groups is 1. The van der Waals surface area contributed by atoms with Crippen LogP contribution in [-0.4, -0.2) is 16.0 Å². The zero-order valence-corrected chi connectivity index (χ0v) is 10.6. The molecular weight excluding hydrogens is 262 g/mol. The number of nitrogens with zero attached hydrogens (tertiary/aromatic N) is 1. The van der Waals surface area contributed by atoms with Crippen LogP contribution in [-0.2, 0) is 0 Å². The first kappa shape index (κ1) is 13.5. The molecule has 0 spiro atoms. The minimum absolute atomic E-state index is 0.0107. The lowest BCUT2D eigenvalue weighted by Crippen LogP contribution is -2.01. The number of carboxylic acid groups (broad SMARTS) is 1. The third kappa shape index (κ3) is 2.74. The lowest BCUT2D eigenvalue weighted by Gasteiger charge is -2.11. The fourth-order valence-corrected chi connectivity index (χ4v) is 1.73. The van der Waals surface area contributed by atoms with Crippen LogP contribution in [0.3, 0.4) is 0 Å². The van der Waals surface area contributed by atoms with E-state index in [4.69, 9.17) is 9.84 Å². The maximum absolute atomic E-state index is 11.2. The molecule has 20 heavy (non-hydrogen) atoms. The van der Waals surface area contributed by atoms with Crippen molar-refractivity contribution in [3.8, 4) is 11.5 Å². The maximum atomic E-state index is 11.2. The molecule has 1 N–H and O–H groups in total. The summed E-state index contributed by atoms with van der Waals surface area (Å²) < 4.78 is 5.51.